The molecule has 0 radical (unpaired) electrons. The molecule has 0 unspecified atom stereocenters. The minimum Gasteiger partial charge on any atom is -0.331 e. The Kier molecular flexibility index (Phi) is 5.74. The molecule has 0 bridgehead atoms. The van der Waals surface area contributed by atoms with E-state index in [0.717, 1.165) is 50.3 Å². The molecule has 0 aromatic heterocycles. The van der Waals surface area contributed by atoms with Gasteiger partial charge in [0.2, 0.25) is 5.91 Å². The number of nitrogens with zero attached hydrogens (tertiary/aromatic N) is 3. The average Bonchev–Trinajstić information content (AvgIpc) is 2.73. The second-order valence-corrected chi connectivity index (χ2v) is 7.88. The summed E-state index contributed by atoms with van der Waals surface area (Å²) < 4.78 is 13.5. The Labute approximate surface area is 166 Å². The van der Waals surface area contributed by atoms with Gasteiger partial charge in [0.25, 0.3) is 0 Å². The lowest BCUT2D eigenvalue weighted by Crippen LogP contribution is -2.46. The molecular formula is C23H28FN3O. The number of benzene rings is 2. The maximum absolute atomic E-state index is 13.5. The number of likely N-dealkylation sites (N-methyl/N-ethyl adjacent to an activating group) is 1. The van der Waals surface area contributed by atoms with Crippen LogP contribution in [0.15, 0.2) is 48.5 Å². The molecule has 0 N–H and O–H groups in total. The van der Waals surface area contributed by atoms with Crippen LogP contribution in [0.25, 0.3) is 0 Å². The second-order valence-electron chi connectivity index (χ2n) is 7.88. The summed E-state index contributed by atoms with van der Waals surface area (Å²) in [5.41, 5.74) is 3.41. The monoisotopic (exact) mass is 381 g/mol. The number of hydrogen-bond acceptors (Lipinski definition) is 3. The number of hydrogen-bond donors (Lipinski definition) is 0. The van der Waals surface area contributed by atoms with Gasteiger partial charge in [-0.1, -0.05) is 36.4 Å². The first kappa shape index (κ1) is 19.1. The Balaban J connectivity index is 1.53. The van der Waals surface area contributed by atoms with E-state index in [0.29, 0.717) is 13.0 Å². The van der Waals surface area contributed by atoms with Gasteiger partial charge >= 0.3 is 0 Å². The van der Waals surface area contributed by atoms with Gasteiger partial charge < -0.3 is 14.7 Å². The molecule has 1 amide bonds. The minimum atomic E-state index is -0.249. The summed E-state index contributed by atoms with van der Waals surface area (Å²) in [5, 5.41) is 0. The van der Waals surface area contributed by atoms with E-state index in [4.69, 9.17) is 0 Å². The first-order chi connectivity index (χ1) is 13.6. The maximum Gasteiger partial charge on any atom is 0.224 e. The van der Waals surface area contributed by atoms with Crippen LogP contribution in [0.2, 0.25) is 0 Å². The summed E-state index contributed by atoms with van der Waals surface area (Å²) in [6, 6.07) is 14.8. The molecule has 4 nitrogen and oxygen atoms in total. The van der Waals surface area contributed by atoms with Crippen molar-refractivity contribution < 1.29 is 9.18 Å². The fraction of sp³-hybridized carbons (Fsp3) is 0.435. The number of halogens is 1. The average molecular weight is 381 g/mol. The topological polar surface area (TPSA) is 26.8 Å². The fourth-order valence-corrected chi connectivity index (χ4v) is 4.31. The molecule has 2 aliphatic heterocycles. The van der Waals surface area contributed by atoms with Gasteiger partial charge in [-0.25, -0.2) is 4.39 Å². The van der Waals surface area contributed by atoms with Crippen LogP contribution in [0.3, 0.4) is 0 Å². The van der Waals surface area contributed by atoms with Gasteiger partial charge in [0, 0.05) is 45.7 Å². The van der Waals surface area contributed by atoms with Crippen molar-refractivity contribution in [3.05, 3.63) is 71.0 Å². The summed E-state index contributed by atoms with van der Waals surface area (Å²) in [7, 11) is 2.14. The highest BCUT2D eigenvalue weighted by molar-refractivity contribution is 5.78. The maximum atomic E-state index is 13.5. The highest BCUT2D eigenvalue weighted by atomic mass is 19.1. The lowest BCUT2D eigenvalue weighted by molar-refractivity contribution is -0.133. The molecule has 2 aromatic carbocycles. The highest BCUT2D eigenvalue weighted by Crippen LogP contribution is 2.35. The SMILES string of the molecule is CN1CCN(CCC(=O)N2CCc3ccccc3[C@@H]2c2ccc(F)cc2)CC1. The molecule has 1 saturated heterocycles. The summed E-state index contributed by atoms with van der Waals surface area (Å²) in [4.78, 5) is 19.9. The van der Waals surface area contributed by atoms with E-state index >= 15 is 0 Å². The smallest absolute Gasteiger partial charge is 0.224 e. The molecule has 0 aliphatic carbocycles. The number of rotatable bonds is 4. The molecule has 2 aliphatic rings. The Hall–Kier alpha value is -2.24. The number of piperazine rings is 1. The third kappa shape index (κ3) is 4.10. The summed E-state index contributed by atoms with van der Waals surface area (Å²) >= 11 is 0. The van der Waals surface area contributed by atoms with Crippen molar-refractivity contribution in [3.8, 4) is 0 Å². The number of fused-ring (bicyclic) bond motifs is 1. The quantitative estimate of drug-likeness (QED) is 0.815. The van der Waals surface area contributed by atoms with Crippen molar-refractivity contribution in [2.75, 3.05) is 46.3 Å². The predicted molar refractivity (Wildman–Crippen MR) is 109 cm³/mol. The zero-order chi connectivity index (χ0) is 19.5. The molecule has 4 rings (SSSR count). The van der Waals surface area contributed by atoms with Gasteiger partial charge in [-0.15, -0.1) is 0 Å². The van der Waals surface area contributed by atoms with Crippen molar-refractivity contribution in [1.82, 2.24) is 14.7 Å². The molecule has 28 heavy (non-hydrogen) atoms. The van der Waals surface area contributed by atoms with Crippen LogP contribution in [0.4, 0.5) is 4.39 Å². The van der Waals surface area contributed by atoms with E-state index in [9.17, 15) is 9.18 Å². The molecule has 148 valence electrons. The third-order valence-electron chi connectivity index (χ3n) is 6.03. The first-order valence-electron chi connectivity index (χ1n) is 10.2. The molecule has 0 spiro atoms. The van der Waals surface area contributed by atoms with E-state index in [-0.39, 0.29) is 17.8 Å². The van der Waals surface area contributed by atoms with Crippen LogP contribution in [-0.2, 0) is 11.2 Å². The van der Waals surface area contributed by atoms with Crippen LogP contribution in [0.1, 0.15) is 29.2 Å². The molecule has 2 aromatic rings. The zero-order valence-electron chi connectivity index (χ0n) is 16.5. The Morgan fingerprint density at radius 1 is 1.00 bits per heavy atom. The van der Waals surface area contributed by atoms with E-state index in [2.05, 4.69) is 29.0 Å². The number of carbonyl (C=O) groups is 1. The first-order valence-corrected chi connectivity index (χ1v) is 10.2. The van der Waals surface area contributed by atoms with Gasteiger partial charge in [0.15, 0.2) is 0 Å². The highest BCUT2D eigenvalue weighted by Gasteiger charge is 2.31. The number of carbonyl (C=O) groups excluding carboxylic acids is 1. The van der Waals surface area contributed by atoms with E-state index < -0.39 is 0 Å². The Morgan fingerprint density at radius 3 is 2.46 bits per heavy atom. The molecular weight excluding hydrogens is 353 g/mol. The van der Waals surface area contributed by atoms with Gasteiger partial charge in [-0.2, -0.15) is 0 Å². The van der Waals surface area contributed by atoms with Crippen molar-refractivity contribution in [3.63, 3.8) is 0 Å². The summed E-state index contributed by atoms with van der Waals surface area (Å²) in [6.07, 6.45) is 1.40. The summed E-state index contributed by atoms with van der Waals surface area (Å²) in [5.74, 6) is -0.0662. The standard InChI is InChI=1S/C23H28FN3O/c1-25-14-16-26(17-15-25)12-11-22(28)27-13-10-18-4-2-3-5-21(18)23(27)19-6-8-20(24)9-7-19/h2-9,23H,10-17H2,1H3/t23-/m0/s1. The number of amides is 1. The van der Waals surface area contributed by atoms with Crippen molar-refractivity contribution >= 4 is 5.91 Å². The Morgan fingerprint density at radius 2 is 1.71 bits per heavy atom. The van der Waals surface area contributed by atoms with Crippen LogP contribution in [0, 0.1) is 5.82 Å². The van der Waals surface area contributed by atoms with Gasteiger partial charge in [0.05, 0.1) is 6.04 Å². The van der Waals surface area contributed by atoms with Gasteiger partial charge in [0.1, 0.15) is 5.82 Å². The van der Waals surface area contributed by atoms with Crippen LogP contribution >= 0.6 is 0 Å². The second kappa shape index (κ2) is 8.41. The van der Waals surface area contributed by atoms with Crippen LogP contribution in [0.5, 0.6) is 0 Å². The van der Waals surface area contributed by atoms with Crippen LogP contribution < -0.4 is 0 Å². The van der Waals surface area contributed by atoms with Gasteiger partial charge in [-0.05, 0) is 42.3 Å². The predicted octanol–water partition coefficient (Wildman–Crippen LogP) is 2.94. The molecule has 1 fully saturated rings. The molecule has 0 saturated carbocycles. The van der Waals surface area contributed by atoms with Crippen LogP contribution in [-0.4, -0.2) is 66.9 Å². The Bertz CT molecular complexity index is 815. The molecule has 5 heteroatoms. The third-order valence-corrected chi connectivity index (χ3v) is 6.03. The van der Waals surface area contributed by atoms with Crippen molar-refractivity contribution in [1.29, 1.82) is 0 Å². The van der Waals surface area contributed by atoms with Crippen molar-refractivity contribution in [2.45, 2.75) is 18.9 Å². The molecule has 2 heterocycles. The normalized spacial score (nSPS) is 20.8. The van der Waals surface area contributed by atoms with E-state index in [1.165, 1.54) is 17.7 Å². The van der Waals surface area contributed by atoms with E-state index in [1.807, 2.05) is 29.2 Å². The minimum absolute atomic E-state index is 0.134. The van der Waals surface area contributed by atoms with Gasteiger partial charge in [-0.3, -0.25) is 4.79 Å². The lowest BCUT2D eigenvalue weighted by atomic mass is 9.88. The largest absolute Gasteiger partial charge is 0.331 e. The molecule has 1 atom stereocenters. The lowest BCUT2D eigenvalue weighted by Gasteiger charge is -2.38. The van der Waals surface area contributed by atoms with E-state index in [1.54, 1.807) is 0 Å². The summed E-state index contributed by atoms with van der Waals surface area (Å²) in [6.45, 7) is 5.68. The zero-order valence-corrected chi connectivity index (χ0v) is 16.5. The fourth-order valence-electron chi connectivity index (χ4n) is 4.31. The van der Waals surface area contributed by atoms with Crippen molar-refractivity contribution in [2.24, 2.45) is 0 Å².